The van der Waals surface area contributed by atoms with Gasteiger partial charge in [0.25, 0.3) is 5.91 Å². The van der Waals surface area contributed by atoms with Crippen molar-refractivity contribution in [3.63, 3.8) is 0 Å². The maximum absolute atomic E-state index is 14.0. The van der Waals surface area contributed by atoms with Crippen LogP contribution in [0.25, 0.3) is 11.6 Å². The molecule has 180 valence electrons. The molecule has 0 unspecified atom stereocenters. The predicted octanol–water partition coefficient (Wildman–Crippen LogP) is 3.41. The van der Waals surface area contributed by atoms with Crippen LogP contribution in [0.4, 0.5) is 0 Å². The number of benzene rings is 2. The third kappa shape index (κ3) is 6.04. The summed E-state index contributed by atoms with van der Waals surface area (Å²) in [5, 5.41) is 2.98. The fraction of sp³-hybridized carbons (Fsp3) is 0.407. The number of hydrogen-bond acceptors (Lipinski definition) is 5. The van der Waals surface area contributed by atoms with Crippen LogP contribution in [0.15, 0.2) is 48.5 Å². The molecule has 0 spiro atoms. The third-order valence-electron chi connectivity index (χ3n) is 5.77. The molecule has 34 heavy (non-hydrogen) atoms. The number of hydrogen-bond donors (Lipinski definition) is 1. The molecule has 2 aliphatic heterocycles. The first-order chi connectivity index (χ1) is 16.3. The zero-order valence-electron chi connectivity index (χ0n) is 20.2. The fourth-order valence-electron chi connectivity index (χ4n) is 4.14. The number of carbonyl (C=O) groups is 2. The van der Waals surface area contributed by atoms with Crippen LogP contribution < -0.4 is 10.1 Å². The summed E-state index contributed by atoms with van der Waals surface area (Å²) in [6, 6.07) is 15.2. The van der Waals surface area contributed by atoms with Crippen LogP contribution in [0, 0.1) is 0 Å². The Kier molecular flexibility index (Phi) is 7.34. The summed E-state index contributed by atoms with van der Waals surface area (Å²) >= 11 is 0. The number of carbonyl (C=O) groups excluding carboxylic acids is 2. The molecule has 0 radical (unpaired) electrons. The predicted molar refractivity (Wildman–Crippen MR) is 133 cm³/mol. The van der Waals surface area contributed by atoms with E-state index in [4.69, 9.17) is 9.47 Å². The van der Waals surface area contributed by atoms with Crippen molar-refractivity contribution in [1.82, 2.24) is 15.1 Å². The SMILES string of the molecule is CC(C)(C)NC(=O)CN(CCN1CCOCC1)C(=O)C1=Cc2ccccc2Oc2ccccc21. The van der Waals surface area contributed by atoms with Crippen LogP contribution in [0.2, 0.25) is 0 Å². The Labute approximate surface area is 201 Å². The Morgan fingerprint density at radius 2 is 1.68 bits per heavy atom. The van der Waals surface area contributed by atoms with Gasteiger partial charge in [-0.1, -0.05) is 36.4 Å². The monoisotopic (exact) mass is 463 g/mol. The Balaban J connectivity index is 1.64. The van der Waals surface area contributed by atoms with Gasteiger partial charge in [-0.25, -0.2) is 0 Å². The lowest BCUT2D eigenvalue weighted by Gasteiger charge is -2.31. The van der Waals surface area contributed by atoms with Crippen LogP contribution in [0.5, 0.6) is 11.5 Å². The van der Waals surface area contributed by atoms with Crippen LogP contribution in [-0.4, -0.2) is 73.1 Å². The minimum atomic E-state index is -0.378. The minimum Gasteiger partial charge on any atom is -0.456 e. The second-order valence-corrected chi connectivity index (χ2v) is 9.67. The largest absolute Gasteiger partial charge is 0.456 e. The molecular weight excluding hydrogens is 430 g/mol. The molecule has 0 aliphatic carbocycles. The van der Waals surface area contributed by atoms with Gasteiger partial charge < -0.3 is 19.7 Å². The molecule has 4 rings (SSSR count). The van der Waals surface area contributed by atoms with E-state index in [2.05, 4.69) is 10.2 Å². The standard InChI is InChI=1S/C27H33N3O4/c1-27(2,3)28-25(31)19-30(13-12-29-14-16-33-17-15-29)26(32)22-18-20-8-4-6-10-23(20)34-24-11-7-5-9-21(22)24/h4-11,18H,12-17,19H2,1-3H3,(H,28,31). The molecule has 0 aromatic heterocycles. The van der Waals surface area contributed by atoms with Crippen LogP contribution >= 0.6 is 0 Å². The third-order valence-corrected chi connectivity index (χ3v) is 5.77. The van der Waals surface area contributed by atoms with Crippen molar-refractivity contribution in [1.29, 1.82) is 0 Å². The average molecular weight is 464 g/mol. The fourth-order valence-corrected chi connectivity index (χ4v) is 4.14. The maximum Gasteiger partial charge on any atom is 0.255 e. The highest BCUT2D eigenvalue weighted by Gasteiger charge is 2.28. The van der Waals surface area contributed by atoms with Crippen LogP contribution in [0.3, 0.4) is 0 Å². The van der Waals surface area contributed by atoms with E-state index in [1.807, 2.05) is 75.4 Å². The van der Waals surface area contributed by atoms with E-state index in [0.29, 0.717) is 43.4 Å². The number of morpholine rings is 1. The van der Waals surface area contributed by atoms with Gasteiger partial charge in [-0.3, -0.25) is 14.5 Å². The molecule has 0 bridgehead atoms. The Morgan fingerprint density at radius 1 is 1.00 bits per heavy atom. The number of para-hydroxylation sites is 2. The Hall–Kier alpha value is -3.16. The second kappa shape index (κ2) is 10.4. The lowest BCUT2D eigenvalue weighted by molar-refractivity contribution is -0.132. The molecule has 2 heterocycles. The first-order valence-corrected chi connectivity index (χ1v) is 11.8. The average Bonchev–Trinajstić information content (AvgIpc) is 2.97. The topological polar surface area (TPSA) is 71.1 Å². The van der Waals surface area contributed by atoms with Crippen molar-refractivity contribution in [3.05, 3.63) is 59.7 Å². The zero-order valence-corrected chi connectivity index (χ0v) is 20.2. The smallest absolute Gasteiger partial charge is 0.255 e. The molecule has 1 saturated heterocycles. The minimum absolute atomic E-state index is 0.0115. The summed E-state index contributed by atoms with van der Waals surface area (Å²) in [6.45, 7) is 9.93. The molecule has 0 atom stereocenters. The van der Waals surface area contributed by atoms with Crippen LogP contribution in [-0.2, 0) is 14.3 Å². The number of nitrogens with one attached hydrogen (secondary N) is 1. The number of rotatable bonds is 6. The molecule has 2 aromatic carbocycles. The molecular formula is C27H33N3O4. The molecule has 2 aliphatic rings. The molecule has 2 amide bonds. The molecule has 1 fully saturated rings. The molecule has 7 heteroatoms. The van der Waals surface area contributed by atoms with E-state index in [9.17, 15) is 9.59 Å². The highest BCUT2D eigenvalue weighted by Crippen LogP contribution is 2.38. The summed E-state index contributed by atoms with van der Waals surface area (Å²) < 4.78 is 11.6. The lowest BCUT2D eigenvalue weighted by Crippen LogP contribution is -2.49. The number of nitrogens with zero attached hydrogens (tertiary/aromatic N) is 2. The van der Waals surface area contributed by atoms with Gasteiger partial charge in [0.1, 0.15) is 11.5 Å². The van der Waals surface area contributed by atoms with Gasteiger partial charge in [0.15, 0.2) is 0 Å². The van der Waals surface area contributed by atoms with E-state index in [-0.39, 0.29) is 23.9 Å². The van der Waals surface area contributed by atoms with Gasteiger partial charge in [-0.05, 0) is 39.0 Å². The summed E-state index contributed by atoms with van der Waals surface area (Å²) in [6.07, 6.45) is 1.87. The van der Waals surface area contributed by atoms with E-state index >= 15 is 0 Å². The van der Waals surface area contributed by atoms with Gasteiger partial charge in [0, 0.05) is 42.8 Å². The quantitative estimate of drug-likeness (QED) is 0.711. The van der Waals surface area contributed by atoms with Crippen molar-refractivity contribution in [2.24, 2.45) is 0 Å². The zero-order chi connectivity index (χ0) is 24.1. The van der Waals surface area contributed by atoms with Gasteiger partial charge in [0.05, 0.1) is 25.3 Å². The molecule has 2 aromatic rings. The van der Waals surface area contributed by atoms with Crippen molar-refractivity contribution in [3.8, 4) is 11.5 Å². The summed E-state index contributed by atoms with van der Waals surface area (Å²) in [5.41, 5.74) is 1.69. The lowest BCUT2D eigenvalue weighted by atomic mass is 10.0. The van der Waals surface area contributed by atoms with Crippen molar-refractivity contribution < 1.29 is 19.1 Å². The normalized spacial score (nSPS) is 15.8. The summed E-state index contributed by atoms with van der Waals surface area (Å²) in [4.78, 5) is 30.7. The number of fused-ring (bicyclic) bond motifs is 2. The van der Waals surface area contributed by atoms with Gasteiger partial charge in [0.2, 0.25) is 5.91 Å². The van der Waals surface area contributed by atoms with E-state index < -0.39 is 0 Å². The number of amides is 2. The first-order valence-electron chi connectivity index (χ1n) is 11.8. The van der Waals surface area contributed by atoms with Crippen molar-refractivity contribution in [2.75, 3.05) is 45.9 Å². The molecule has 7 nitrogen and oxygen atoms in total. The second-order valence-electron chi connectivity index (χ2n) is 9.67. The Morgan fingerprint density at radius 3 is 2.41 bits per heavy atom. The van der Waals surface area contributed by atoms with Crippen LogP contribution in [0.1, 0.15) is 31.9 Å². The molecule has 1 N–H and O–H groups in total. The summed E-state index contributed by atoms with van der Waals surface area (Å²) in [7, 11) is 0. The van der Waals surface area contributed by atoms with E-state index in [1.54, 1.807) is 4.90 Å². The van der Waals surface area contributed by atoms with E-state index in [0.717, 1.165) is 24.2 Å². The summed E-state index contributed by atoms with van der Waals surface area (Å²) in [5.74, 6) is 0.953. The number of ether oxygens (including phenoxy) is 2. The van der Waals surface area contributed by atoms with Crippen molar-refractivity contribution in [2.45, 2.75) is 26.3 Å². The van der Waals surface area contributed by atoms with E-state index in [1.165, 1.54) is 0 Å². The van der Waals surface area contributed by atoms with Crippen molar-refractivity contribution >= 4 is 23.5 Å². The van der Waals surface area contributed by atoms with Gasteiger partial charge in [-0.2, -0.15) is 0 Å². The first kappa shape index (κ1) is 24.0. The van der Waals surface area contributed by atoms with Gasteiger partial charge in [-0.15, -0.1) is 0 Å². The highest BCUT2D eigenvalue weighted by molar-refractivity contribution is 6.25. The Bertz CT molecular complexity index is 1070. The van der Waals surface area contributed by atoms with Gasteiger partial charge >= 0.3 is 0 Å². The highest BCUT2D eigenvalue weighted by atomic mass is 16.5. The maximum atomic E-state index is 14.0. The molecule has 0 saturated carbocycles.